The maximum absolute atomic E-state index is 11.5. The van der Waals surface area contributed by atoms with E-state index in [0.717, 1.165) is 31.6 Å². The largest absolute Gasteiger partial charge is 0.343 e. The summed E-state index contributed by atoms with van der Waals surface area (Å²) in [5, 5.41) is 4.84. The molecule has 1 aromatic carbocycles. The van der Waals surface area contributed by atoms with Crippen LogP contribution in [0, 0.1) is 5.92 Å². The van der Waals surface area contributed by atoms with Crippen LogP contribution in [0.15, 0.2) is 36.5 Å². The summed E-state index contributed by atoms with van der Waals surface area (Å²) in [5.41, 5.74) is 2.32. The summed E-state index contributed by atoms with van der Waals surface area (Å²) >= 11 is 0. The topological polar surface area (TPSA) is 45.2 Å². The molecule has 1 fully saturated rings. The SMILES string of the molecule is CC(=O)N1CCC(NCc2ccc3ncccc3c2)C(C)C1. The van der Waals surface area contributed by atoms with Gasteiger partial charge in [-0.1, -0.05) is 19.1 Å². The number of carbonyl (C=O) groups is 1. The number of aromatic nitrogens is 1. The first kappa shape index (κ1) is 15.0. The second-order valence-corrected chi connectivity index (χ2v) is 6.25. The van der Waals surface area contributed by atoms with Gasteiger partial charge in [0.05, 0.1) is 5.52 Å². The van der Waals surface area contributed by atoms with E-state index in [-0.39, 0.29) is 5.91 Å². The molecule has 0 radical (unpaired) electrons. The minimum Gasteiger partial charge on any atom is -0.343 e. The third-order valence-electron chi connectivity index (χ3n) is 4.59. The molecule has 2 atom stereocenters. The molecule has 1 aliphatic rings. The molecule has 0 bridgehead atoms. The molecular formula is C18H23N3O. The van der Waals surface area contributed by atoms with Gasteiger partial charge in [-0.15, -0.1) is 0 Å². The average molecular weight is 297 g/mol. The summed E-state index contributed by atoms with van der Waals surface area (Å²) < 4.78 is 0. The molecule has 2 unspecified atom stereocenters. The Morgan fingerprint density at radius 2 is 2.27 bits per heavy atom. The predicted molar refractivity (Wildman–Crippen MR) is 88.4 cm³/mol. The number of likely N-dealkylation sites (tertiary alicyclic amines) is 1. The maximum atomic E-state index is 11.5. The maximum Gasteiger partial charge on any atom is 0.219 e. The number of pyridine rings is 1. The van der Waals surface area contributed by atoms with E-state index in [1.165, 1.54) is 10.9 Å². The number of hydrogen-bond donors (Lipinski definition) is 1. The van der Waals surface area contributed by atoms with Gasteiger partial charge in [0.15, 0.2) is 0 Å². The standard InChI is InChI=1S/C18H23N3O/c1-13-12-21(14(2)22)9-7-17(13)20-11-15-5-6-18-16(10-15)4-3-8-19-18/h3-6,8,10,13,17,20H,7,9,11-12H2,1-2H3. The van der Waals surface area contributed by atoms with Crippen molar-refractivity contribution >= 4 is 16.8 Å². The number of carbonyl (C=O) groups excluding carboxylic acids is 1. The normalized spacial score (nSPS) is 22.0. The van der Waals surface area contributed by atoms with Crippen LogP contribution in [0.2, 0.25) is 0 Å². The summed E-state index contributed by atoms with van der Waals surface area (Å²) in [6, 6.07) is 11.0. The van der Waals surface area contributed by atoms with E-state index in [2.05, 4.69) is 41.5 Å². The molecule has 0 aliphatic carbocycles. The van der Waals surface area contributed by atoms with Crippen LogP contribution < -0.4 is 5.32 Å². The van der Waals surface area contributed by atoms with Crippen LogP contribution in [0.5, 0.6) is 0 Å². The van der Waals surface area contributed by atoms with Gasteiger partial charge < -0.3 is 10.2 Å². The van der Waals surface area contributed by atoms with E-state index in [9.17, 15) is 4.79 Å². The lowest BCUT2D eigenvalue weighted by atomic mass is 9.93. The Kier molecular flexibility index (Phi) is 4.39. The number of piperidine rings is 1. The highest BCUT2D eigenvalue weighted by molar-refractivity contribution is 5.78. The van der Waals surface area contributed by atoms with Crippen molar-refractivity contribution in [1.82, 2.24) is 15.2 Å². The van der Waals surface area contributed by atoms with Gasteiger partial charge in [-0.3, -0.25) is 9.78 Å². The van der Waals surface area contributed by atoms with Crippen molar-refractivity contribution in [3.8, 4) is 0 Å². The minimum absolute atomic E-state index is 0.187. The molecule has 4 heteroatoms. The van der Waals surface area contributed by atoms with E-state index in [4.69, 9.17) is 0 Å². The van der Waals surface area contributed by atoms with Crippen molar-refractivity contribution in [3.63, 3.8) is 0 Å². The third-order valence-corrected chi connectivity index (χ3v) is 4.59. The third kappa shape index (κ3) is 3.28. The number of nitrogens with one attached hydrogen (secondary N) is 1. The van der Waals surface area contributed by atoms with Gasteiger partial charge in [-0.05, 0) is 36.1 Å². The molecule has 1 aromatic heterocycles. The fourth-order valence-electron chi connectivity index (χ4n) is 3.22. The van der Waals surface area contributed by atoms with Crippen molar-refractivity contribution < 1.29 is 4.79 Å². The quantitative estimate of drug-likeness (QED) is 0.947. The van der Waals surface area contributed by atoms with E-state index in [1.54, 1.807) is 6.92 Å². The monoisotopic (exact) mass is 297 g/mol. The number of rotatable bonds is 3. The summed E-state index contributed by atoms with van der Waals surface area (Å²) in [5.74, 6) is 0.673. The number of nitrogens with zero attached hydrogens (tertiary/aromatic N) is 2. The van der Waals surface area contributed by atoms with Gasteiger partial charge in [-0.25, -0.2) is 0 Å². The van der Waals surface area contributed by atoms with Gasteiger partial charge in [0, 0.05) is 44.2 Å². The van der Waals surface area contributed by atoms with Gasteiger partial charge in [0.1, 0.15) is 0 Å². The summed E-state index contributed by atoms with van der Waals surface area (Å²) in [4.78, 5) is 17.8. The zero-order valence-electron chi connectivity index (χ0n) is 13.2. The number of benzene rings is 1. The molecule has 3 rings (SSSR count). The fraction of sp³-hybridized carbons (Fsp3) is 0.444. The number of amides is 1. The van der Waals surface area contributed by atoms with Crippen molar-refractivity contribution in [1.29, 1.82) is 0 Å². The highest BCUT2D eigenvalue weighted by Crippen LogP contribution is 2.18. The Bertz CT molecular complexity index is 670. The Morgan fingerprint density at radius 3 is 3.05 bits per heavy atom. The summed E-state index contributed by atoms with van der Waals surface area (Å²) in [6.07, 6.45) is 2.85. The number of fused-ring (bicyclic) bond motifs is 1. The Balaban J connectivity index is 1.61. The van der Waals surface area contributed by atoms with E-state index >= 15 is 0 Å². The lowest BCUT2D eigenvalue weighted by molar-refractivity contribution is -0.130. The average Bonchev–Trinajstić information content (AvgIpc) is 2.53. The molecule has 0 saturated carbocycles. The van der Waals surface area contributed by atoms with Crippen LogP contribution in [0.3, 0.4) is 0 Å². The molecular weight excluding hydrogens is 274 g/mol. The Morgan fingerprint density at radius 1 is 1.41 bits per heavy atom. The van der Waals surface area contributed by atoms with Crippen LogP contribution in [0.4, 0.5) is 0 Å². The zero-order chi connectivity index (χ0) is 15.5. The van der Waals surface area contributed by atoms with Crippen LogP contribution in [0.1, 0.15) is 25.8 Å². The van der Waals surface area contributed by atoms with Crippen LogP contribution in [-0.2, 0) is 11.3 Å². The molecule has 2 heterocycles. The van der Waals surface area contributed by atoms with Crippen molar-refractivity contribution in [2.45, 2.75) is 32.9 Å². The second kappa shape index (κ2) is 6.44. The van der Waals surface area contributed by atoms with E-state index in [1.807, 2.05) is 17.2 Å². The van der Waals surface area contributed by atoms with Crippen molar-refractivity contribution in [2.75, 3.05) is 13.1 Å². The smallest absolute Gasteiger partial charge is 0.219 e. The van der Waals surface area contributed by atoms with Gasteiger partial charge in [-0.2, -0.15) is 0 Å². The molecule has 1 N–H and O–H groups in total. The lowest BCUT2D eigenvalue weighted by Crippen LogP contribution is -2.49. The molecule has 2 aromatic rings. The zero-order valence-corrected chi connectivity index (χ0v) is 13.2. The molecule has 116 valence electrons. The van der Waals surface area contributed by atoms with E-state index < -0.39 is 0 Å². The van der Waals surface area contributed by atoms with Gasteiger partial charge in [0.2, 0.25) is 5.91 Å². The second-order valence-electron chi connectivity index (χ2n) is 6.25. The van der Waals surface area contributed by atoms with Crippen molar-refractivity contribution in [2.24, 2.45) is 5.92 Å². The Hall–Kier alpha value is -1.94. The molecule has 22 heavy (non-hydrogen) atoms. The highest BCUT2D eigenvalue weighted by Gasteiger charge is 2.26. The molecule has 0 spiro atoms. The molecule has 1 aliphatic heterocycles. The van der Waals surface area contributed by atoms with Gasteiger partial charge >= 0.3 is 0 Å². The minimum atomic E-state index is 0.187. The van der Waals surface area contributed by atoms with Gasteiger partial charge in [0.25, 0.3) is 0 Å². The van der Waals surface area contributed by atoms with E-state index in [0.29, 0.717) is 12.0 Å². The van der Waals surface area contributed by atoms with Crippen LogP contribution in [-0.4, -0.2) is 34.9 Å². The van der Waals surface area contributed by atoms with Crippen LogP contribution >= 0.6 is 0 Å². The highest BCUT2D eigenvalue weighted by atomic mass is 16.2. The van der Waals surface area contributed by atoms with Crippen molar-refractivity contribution in [3.05, 3.63) is 42.1 Å². The predicted octanol–water partition coefficient (Wildman–Crippen LogP) is 2.58. The summed E-state index contributed by atoms with van der Waals surface area (Å²) in [7, 11) is 0. The summed E-state index contributed by atoms with van der Waals surface area (Å²) in [6.45, 7) is 6.45. The Labute approximate surface area is 131 Å². The number of hydrogen-bond acceptors (Lipinski definition) is 3. The first-order valence-electron chi connectivity index (χ1n) is 7.96. The molecule has 4 nitrogen and oxygen atoms in total. The van der Waals surface area contributed by atoms with Crippen LogP contribution in [0.25, 0.3) is 10.9 Å². The first-order valence-corrected chi connectivity index (χ1v) is 7.96. The first-order chi connectivity index (χ1) is 10.6. The molecule has 1 amide bonds. The fourth-order valence-corrected chi connectivity index (χ4v) is 3.22. The lowest BCUT2D eigenvalue weighted by Gasteiger charge is -2.37. The molecule has 1 saturated heterocycles.